The molecule has 0 N–H and O–H groups in total. The van der Waals surface area contributed by atoms with Gasteiger partial charge >= 0.3 is 0 Å². The van der Waals surface area contributed by atoms with Crippen LogP contribution < -0.4 is 0 Å². The summed E-state index contributed by atoms with van der Waals surface area (Å²) in [6, 6.07) is 32.9. The predicted molar refractivity (Wildman–Crippen MR) is 140 cm³/mol. The highest BCUT2D eigenvalue weighted by atomic mass is 79.9. The van der Waals surface area contributed by atoms with E-state index >= 15 is 0 Å². The lowest BCUT2D eigenvalue weighted by Crippen LogP contribution is -1.94. The van der Waals surface area contributed by atoms with Gasteiger partial charge in [-0.3, -0.25) is 0 Å². The zero-order valence-electron chi connectivity index (χ0n) is 17.6. The molecule has 0 aliphatic heterocycles. The van der Waals surface area contributed by atoms with E-state index in [9.17, 15) is 0 Å². The molecule has 1 aliphatic rings. The van der Waals surface area contributed by atoms with E-state index in [2.05, 4.69) is 130 Å². The molecule has 32 heavy (non-hydrogen) atoms. The Morgan fingerprint density at radius 2 is 1.38 bits per heavy atom. The Morgan fingerprint density at radius 3 is 2.09 bits per heavy atom. The minimum atomic E-state index is 1.08. The Morgan fingerprint density at radius 1 is 0.625 bits per heavy atom. The average molecular weight is 476 g/mol. The number of allylic oxidation sites excluding steroid dienone is 4. The van der Waals surface area contributed by atoms with E-state index < -0.39 is 0 Å². The summed E-state index contributed by atoms with van der Waals surface area (Å²) < 4.78 is 3.46. The van der Waals surface area contributed by atoms with Crippen LogP contribution in [-0.4, -0.2) is 4.57 Å². The van der Waals surface area contributed by atoms with E-state index in [4.69, 9.17) is 0 Å². The molecule has 154 valence electrons. The zero-order chi connectivity index (χ0) is 21.5. The number of aromatic nitrogens is 1. The van der Waals surface area contributed by atoms with Gasteiger partial charge in [0.05, 0.1) is 11.0 Å². The number of hydrogen-bond acceptors (Lipinski definition) is 0. The standard InChI is InChI=1S/C30H22BrN/c31-25-12-7-13-26(20-25)32-29-16-14-23(21-8-3-1-4-9-21)18-27(29)28-19-24(15-17-30(28)32)22-10-5-2-6-11-22/h1,3-5,7-20H,2,6H2. The number of benzene rings is 4. The summed E-state index contributed by atoms with van der Waals surface area (Å²) in [6.45, 7) is 0. The molecule has 6 rings (SSSR count). The van der Waals surface area contributed by atoms with Gasteiger partial charge in [0.1, 0.15) is 0 Å². The quantitative estimate of drug-likeness (QED) is 0.245. The molecule has 0 bridgehead atoms. The van der Waals surface area contributed by atoms with Gasteiger partial charge in [0.25, 0.3) is 0 Å². The Kier molecular flexibility index (Phi) is 4.81. The summed E-state index contributed by atoms with van der Waals surface area (Å²) in [6.07, 6.45) is 9.13. The van der Waals surface area contributed by atoms with E-state index in [1.165, 1.54) is 44.1 Å². The van der Waals surface area contributed by atoms with Gasteiger partial charge in [-0.15, -0.1) is 0 Å². The predicted octanol–water partition coefficient (Wildman–Crippen LogP) is 8.95. The van der Waals surface area contributed by atoms with Gasteiger partial charge in [0, 0.05) is 20.9 Å². The van der Waals surface area contributed by atoms with Gasteiger partial charge in [-0.1, -0.05) is 82.7 Å². The average Bonchev–Trinajstić information content (AvgIpc) is 3.18. The van der Waals surface area contributed by atoms with Crippen LogP contribution in [-0.2, 0) is 0 Å². The van der Waals surface area contributed by atoms with Gasteiger partial charge in [0.2, 0.25) is 0 Å². The van der Waals surface area contributed by atoms with Crippen molar-refractivity contribution in [3.8, 4) is 16.8 Å². The number of nitrogens with zero attached hydrogens (tertiary/aromatic N) is 1. The maximum Gasteiger partial charge on any atom is 0.0541 e. The van der Waals surface area contributed by atoms with Gasteiger partial charge in [-0.05, 0) is 77.6 Å². The third-order valence-electron chi connectivity index (χ3n) is 6.27. The van der Waals surface area contributed by atoms with Crippen molar-refractivity contribution in [2.45, 2.75) is 12.8 Å². The smallest absolute Gasteiger partial charge is 0.0541 e. The largest absolute Gasteiger partial charge is 0.309 e. The van der Waals surface area contributed by atoms with Gasteiger partial charge in [-0.25, -0.2) is 0 Å². The first-order chi connectivity index (χ1) is 15.8. The fraction of sp³-hybridized carbons (Fsp3) is 0.0667. The zero-order valence-corrected chi connectivity index (χ0v) is 19.2. The van der Waals surface area contributed by atoms with Crippen LogP contribution in [0.1, 0.15) is 18.4 Å². The molecule has 0 radical (unpaired) electrons. The molecule has 0 spiro atoms. The molecule has 1 nitrogen and oxygen atoms in total. The van der Waals surface area contributed by atoms with Gasteiger partial charge < -0.3 is 4.57 Å². The molecule has 0 atom stereocenters. The number of hydrogen-bond donors (Lipinski definition) is 0. The molecule has 4 aromatic carbocycles. The van der Waals surface area contributed by atoms with Crippen LogP contribution in [0.15, 0.2) is 114 Å². The first kappa shape index (κ1) is 19.3. The summed E-state index contributed by atoms with van der Waals surface area (Å²) in [7, 11) is 0. The lowest BCUT2D eigenvalue weighted by Gasteiger charge is -2.10. The maximum absolute atomic E-state index is 3.65. The van der Waals surface area contributed by atoms with Crippen LogP contribution in [0.4, 0.5) is 0 Å². The molecule has 0 saturated heterocycles. The Bertz CT molecular complexity index is 1520. The van der Waals surface area contributed by atoms with Crippen molar-refractivity contribution in [1.29, 1.82) is 0 Å². The van der Waals surface area contributed by atoms with Crippen molar-refractivity contribution in [2.24, 2.45) is 0 Å². The number of rotatable bonds is 3. The van der Waals surface area contributed by atoms with Crippen LogP contribution in [0.25, 0.3) is 44.2 Å². The van der Waals surface area contributed by atoms with Crippen molar-refractivity contribution < 1.29 is 0 Å². The molecular formula is C30H22BrN. The first-order valence-electron chi connectivity index (χ1n) is 11.0. The monoisotopic (exact) mass is 475 g/mol. The van der Waals surface area contributed by atoms with E-state index in [1.54, 1.807) is 0 Å². The van der Waals surface area contributed by atoms with Crippen LogP contribution in [0.3, 0.4) is 0 Å². The topological polar surface area (TPSA) is 4.93 Å². The summed E-state index contributed by atoms with van der Waals surface area (Å²) in [4.78, 5) is 0. The molecule has 5 aromatic rings. The maximum atomic E-state index is 3.65. The van der Waals surface area contributed by atoms with Crippen LogP contribution in [0, 0.1) is 0 Å². The molecule has 0 unspecified atom stereocenters. The highest BCUT2D eigenvalue weighted by molar-refractivity contribution is 9.10. The SMILES string of the molecule is Brc1cccc(-n2c3ccc(C4=CCCC=C4)cc3c3cc(-c4ccccc4)ccc32)c1. The number of halogens is 1. The fourth-order valence-electron chi connectivity index (χ4n) is 4.73. The molecule has 1 aromatic heterocycles. The van der Waals surface area contributed by atoms with Crippen LogP contribution >= 0.6 is 15.9 Å². The van der Waals surface area contributed by atoms with Crippen molar-refractivity contribution >= 4 is 43.3 Å². The summed E-state index contributed by atoms with van der Waals surface area (Å²) in [5.74, 6) is 0. The molecule has 2 heteroatoms. The fourth-order valence-corrected chi connectivity index (χ4v) is 5.12. The number of fused-ring (bicyclic) bond motifs is 3. The van der Waals surface area contributed by atoms with Crippen molar-refractivity contribution in [3.63, 3.8) is 0 Å². The minimum Gasteiger partial charge on any atom is -0.309 e. The molecule has 0 saturated carbocycles. The second kappa shape index (κ2) is 7.96. The van der Waals surface area contributed by atoms with E-state index in [1.807, 2.05) is 0 Å². The molecular weight excluding hydrogens is 454 g/mol. The van der Waals surface area contributed by atoms with Crippen molar-refractivity contribution in [2.75, 3.05) is 0 Å². The van der Waals surface area contributed by atoms with Gasteiger partial charge in [-0.2, -0.15) is 0 Å². The second-order valence-corrected chi connectivity index (χ2v) is 9.20. The lowest BCUT2D eigenvalue weighted by atomic mass is 9.97. The molecule has 0 amide bonds. The molecule has 1 heterocycles. The summed E-state index contributed by atoms with van der Waals surface area (Å²) >= 11 is 3.65. The normalized spacial score (nSPS) is 13.6. The third-order valence-corrected chi connectivity index (χ3v) is 6.76. The Balaban J connectivity index is 1.66. The Hall–Kier alpha value is -3.36. The van der Waals surface area contributed by atoms with Gasteiger partial charge in [0.15, 0.2) is 0 Å². The third kappa shape index (κ3) is 3.32. The summed E-state index contributed by atoms with van der Waals surface area (Å²) in [5.41, 5.74) is 8.71. The van der Waals surface area contributed by atoms with Crippen molar-refractivity contribution in [3.05, 3.63) is 119 Å². The van der Waals surface area contributed by atoms with Crippen LogP contribution in [0.2, 0.25) is 0 Å². The van der Waals surface area contributed by atoms with E-state index in [0.717, 1.165) is 23.0 Å². The van der Waals surface area contributed by atoms with E-state index in [0.29, 0.717) is 0 Å². The lowest BCUT2D eigenvalue weighted by molar-refractivity contribution is 1.04. The molecule has 0 fully saturated rings. The molecule has 1 aliphatic carbocycles. The van der Waals surface area contributed by atoms with E-state index in [-0.39, 0.29) is 0 Å². The Labute approximate surface area is 196 Å². The second-order valence-electron chi connectivity index (χ2n) is 8.28. The first-order valence-corrected chi connectivity index (χ1v) is 11.8. The van der Waals surface area contributed by atoms with Crippen LogP contribution in [0.5, 0.6) is 0 Å². The highest BCUT2D eigenvalue weighted by Crippen LogP contribution is 2.37. The minimum absolute atomic E-state index is 1.08. The summed E-state index contributed by atoms with van der Waals surface area (Å²) in [5, 5.41) is 2.57. The highest BCUT2D eigenvalue weighted by Gasteiger charge is 2.15. The van der Waals surface area contributed by atoms with Crippen molar-refractivity contribution in [1.82, 2.24) is 4.57 Å².